The molecule has 20 heavy (non-hydrogen) atoms. The second-order valence-corrected chi connectivity index (χ2v) is 6.02. The number of sulfonamides is 1. The number of hydrogen-bond donors (Lipinski definition) is 2. The minimum absolute atomic E-state index is 0.0938. The summed E-state index contributed by atoms with van der Waals surface area (Å²) in [7, 11) is -3.84. The minimum atomic E-state index is -3.84. The van der Waals surface area contributed by atoms with Crippen LogP contribution in [0, 0.1) is 12.7 Å². The third-order valence-electron chi connectivity index (χ3n) is 2.83. The molecule has 0 bridgehead atoms. The van der Waals surface area contributed by atoms with Crippen LogP contribution in [0.3, 0.4) is 0 Å². The molecule has 2 rings (SSSR count). The number of benzene rings is 2. The zero-order valence-electron chi connectivity index (χ0n) is 10.8. The van der Waals surface area contributed by atoms with Crippen LogP contribution in [0.15, 0.2) is 47.4 Å². The van der Waals surface area contributed by atoms with E-state index < -0.39 is 15.8 Å². The third kappa shape index (κ3) is 3.15. The van der Waals surface area contributed by atoms with Crippen molar-refractivity contribution in [1.82, 2.24) is 0 Å². The Morgan fingerprint density at radius 3 is 2.40 bits per heavy atom. The highest BCUT2D eigenvalue weighted by atomic mass is 32.2. The van der Waals surface area contributed by atoms with Crippen LogP contribution in [0.2, 0.25) is 0 Å². The van der Waals surface area contributed by atoms with Crippen LogP contribution in [0.5, 0.6) is 0 Å². The molecule has 0 fully saturated rings. The van der Waals surface area contributed by atoms with Gasteiger partial charge in [0.05, 0.1) is 11.5 Å². The second-order valence-electron chi connectivity index (χ2n) is 4.37. The van der Waals surface area contributed by atoms with E-state index >= 15 is 0 Å². The molecule has 0 unspecified atom stereocenters. The molecule has 0 saturated carbocycles. The number of hydrogen-bond acceptors (Lipinski definition) is 3. The Balaban J connectivity index is 2.32. The lowest BCUT2D eigenvalue weighted by Crippen LogP contribution is -2.14. The summed E-state index contributed by atoms with van der Waals surface area (Å²) in [5.74, 6) is -0.605. The van der Waals surface area contributed by atoms with Gasteiger partial charge in [0.15, 0.2) is 0 Å². The van der Waals surface area contributed by atoms with Gasteiger partial charge in [-0.1, -0.05) is 18.2 Å². The first-order valence-corrected chi connectivity index (χ1v) is 7.39. The van der Waals surface area contributed by atoms with Crippen LogP contribution in [-0.2, 0) is 16.6 Å². The van der Waals surface area contributed by atoms with Gasteiger partial charge in [-0.05, 0) is 42.3 Å². The first-order valence-electron chi connectivity index (χ1n) is 5.91. The molecule has 6 heteroatoms. The average molecular weight is 295 g/mol. The molecule has 0 aliphatic carbocycles. The maximum absolute atomic E-state index is 13.2. The Bertz CT molecular complexity index is 712. The highest BCUT2D eigenvalue weighted by Gasteiger charge is 2.17. The van der Waals surface area contributed by atoms with Gasteiger partial charge in [0.1, 0.15) is 5.82 Å². The van der Waals surface area contributed by atoms with E-state index in [2.05, 4.69) is 4.72 Å². The standard InChI is InChI=1S/C14H14FNO3S/c1-10-2-5-12(15)8-14(10)20(18,19)16-13-6-3-11(9-17)4-7-13/h2-8,16-17H,9H2,1H3. The highest BCUT2D eigenvalue weighted by molar-refractivity contribution is 7.92. The summed E-state index contributed by atoms with van der Waals surface area (Å²) in [6.07, 6.45) is 0. The van der Waals surface area contributed by atoms with E-state index in [-0.39, 0.29) is 11.5 Å². The predicted octanol–water partition coefficient (Wildman–Crippen LogP) is 2.43. The summed E-state index contributed by atoms with van der Waals surface area (Å²) in [5.41, 5.74) is 1.49. The Morgan fingerprint density at radius 2 is 1.80 bits per heavy atom. The van der Waals surface area contributed by atoms with E-state index in [0.29, 0.717) is 16.8 Å². The number of aryl methyl sites for hydroxylation is 1. The molecule has 0 spiro atoms. The summed E-state index contributed by atoms with van der Waals surface area (Å²) < 4.78 is 40.0. The van der Waals surface area contributed by atoms with Gasteiger partial charge in [-0.15, -0.1) is 0 Å². The summed E-state index contributed by atoms with van der Waals surface area (Å²) in [6.45, 7) is 1.49. The quantitative estimate of drug-likeness (QED) is 0.910. The molecular weight excluding hydrogens is 281 g/mol. The lowest BCUT2D eigenvalue weighted by atomic mass is 10.2. The lowest BCUT2D eigenvalue weighted by Gasteiger charge is -2.10. The first kappa shape index (κ1) is 14.5. The van der Waals surface area contributed by atoms with Crippen molar-refractivity contribution < 1.29 is 17.9 Å². The Labute approximate surface area is 116 Å². The van der Waals surface area contributed by atoms with Gasteiger partial charge in [-0.3, -0.25) is 4.72 Å². The van der Waals surface area contributed by atoms with Crippen LogP contribution < -0.4 is 4.72 Å². The smallest absolute Gasteiger partial charge is 0.262 e. The third-order valence-corrected chi connectivity index (χ3v) is 4.35. The molecule has 2 aromatic rings. The maximum Gasteiger partial charge on any atom is 0.262 e. The van der Waals surface area contributed by atoms with Crippen molar-refractivity contribution in [1.29, 1.82) is 0 Å². The predicted molar refractivity (Wildman–Crippen MR) is 74.3 cm³/mol. The monoisotopic (exact) mass is 295 g/mol. The highest BCUT2D eigenvalue weighted by Crippen LogP contribution is 2.20. The van der Waals surface area contributed by atoms with Gasteiger partial charge in [-0.25, -0.2) is 12.8 Å². The van der Waals surface area contributed by atoms with Gasteiger partial charge in [0.2, 0.25) is 0 Å². The lowest BCUT2D eigenvalue weighted by molar-refractivity contribution is 0.282. The summed E-state index contributed by atoms with van der Waals surface area (Å²) in [4.78, 5) is -0.0938. The summed E-state index contributed by atoms with van der Waals surface area (Å²) in [5, 5.41) is 8.93. The molecule has 0 aliphatic heterocycles. The van der Waals surface area contributed by atoms with Crippen LogP contribution in [-0.4, -0.2) is 13.5 Å². The Hall–Kier alpha value is -1.92. The molecule has 0 atom stereocenters. The number of nitrogens with one attached hydrogen (secondary N) is 1. The van der Waals surface area contributed by atoms with E-state index in [1.165, 1.54) is 24.3 Å². The van der Waals surface area contributed by atoms with Gasteiger partial charge in [-0.2, -0.15) is 0 Å². The zero-order valence-corrected chi connectivity index (χ0v) is 11.6. The van der Waals surface area contributed by atoms with Crippen molar-refractivity contribution in [3.8, 4) is 0 Å². The van der Waals surface area contributed by atoms with Crippen molar-refractivity contribution in [2.75, 3.05) is 4.72 Å². The molecule has 0 radical (unpaired) electrons. The fraction of sp³-hybridized carbons (Fsp3) is 0.143. The van der Waals surface area contributed by atoms with Gasteiger partial charge >= 0.3 is 0 Å². The van der Waals surface area contributed by atoms with Crippen LogP contribution in [0.1, 0.15) is 11.1 Å². The molecule has 0 saturated heterocycles. The molecule has 0 heterocycles. The number of aliphatic hydroxyl groups is 1. The van der Waals surface area contributed by atoms with E-state index in [1.807, 2.05) is 0 Å². The van der Waals surface area contributed by atoms with Crippen molar-refractivity contribution in [3.05, 3.63) is 59.4 Å². The number of rotatable bonds is 4. The van der Waals surface area contributed by atoms with Crippen LogP contribution >= 0.6 is 0 Å². The second kappa shape index (κ2) is 5.60. The van der Waals surface area contributed by atoms with E-state index in [4.69, 9.17) is 5.11 Å². The van der Waals surface area contributed by atoms with Crippen molar-refractivity contribution in [2.45, 2.75) is 18.4 Å². The van der Waals surface area contributed by atoms with E-state index in [0.717, 1.165) is 6.07 Å². The number of aliphatic hydroxyl groups excluding tert-OH is 1. The number of halogens is 1. The van der Waals surface area contributed by atoms with Crippen LogP contribution in [0.4, 0.5) is 10.1 Å². The average Bonchev–Trinajstić information content (AvgIpc) is 2.42. The Morgan fingerprint density at radius 1 is 1.15 bits per heavy atom. The molecular formula is C14H14FNO3S. The topological polar surface area (TPSA) is 66.4 Å². The van der Waals surface area contributed by atoms with Crippen molar-refractivity contribution in [3.63, 3.8) is 0 Å². The van der Waals surface area contributed by atoms with Crippen molar-refractivity contribution >= 4 is 15.7 Å². The molecule has 2 N–H and O–H groups in total. The van der Waals surface area contributed by atoms with Gasteiger partial charge in [0.25, 0.3) is 10.0 Å². The Kier molecular flexibility index (Phi) is 4.06. The molecule has 2 aromatic carbocycles. The van der Waals surface area contributed by atoms with Gasteiger partial charge in [0, 0.05) is 5.69 Å². The van der Waals surface area contributed by atoms with E-state index in [1.54, 1.807) is 19.1 Å². The fourth-order valence-corrected chi connectivity index (χ4v) is 3.07. The molecule has 0 amide bonds. The first-order chi connectivity index (χ1) is 9.42. The summed E-state index contributed by atoms with van der Waals surface area (Å²) in [6, 6.07) is 9.91. The molecule has 0 aromatic heterocycles. The molecule has 4 nitrogen and oxygen atoms in total. The van der Waals surface area contributed by atoms with Gasteiger partial charge < -0.3 is 5.11 Å². The SMILES string of the molecule is Cc1ccc(F)cc1S(=O)(=O)Nc1ccc(CO)cc1. The number of anilines is 1. The van der Waals surface area contributed by atoms with E-state index in [9.17, 15) is 12.8 Å². The normalized spacial score (nSPS) is 11.3. The molecule has 106 valence electrons. The largest absolute Gasteiger partial charge is 0.392 e. The fourth-order valence-electron chi connectivity index (χ4n) is 1.75. The van der Waals surface area contributed by atoms with Crippen molar-refractivity contribution in [2.24, 2.45) is 0 Å². The van der Waals surface area contributed by atoms with Crippen LogP contribution in [0.25, 0.3) is 0 Å². The zero-order chi connectivity index (χ0) is 14.8. The molecule has 0 aliphatic rings. The minimum Gasteiger partial charge on any atom is -0.392 e. The summed E-state index contributed by atoms with van der Waals surface area (Å²) >= 11 is 0. The maximum atomic E-state index is 13.2.